The summed E-state index contributed by atoms with van der Waals surface area (Å²) in [4.78, 5) is 0. The van der Waals surface area contributed by atoms with E-state index in [1.165, 1.54) is 5.75 Å². The molecule has 0 bridgehead atoms. The molecule has 14 heavy (non-hydrogen) atoms. The highest BCUT2D eigenvalue weighted by atomic mass is 32.2. The van der Waals surface area contributed by atoms with Crippen LogP contribution in [0, 0.1) is 5.92 Å². The summed E-state index contributed by atoms with van der Waals surface area (Å²) >= 11 is 1.99. The molecule has 0 heterocycles. The molecule has 0 aliphatic heterocycles. The number of nitrogens with one attached hydrogen (secondary N) is 1. The first-order chi connectivity index (χ1) is 6.52. The Morgan fingerprint density at radius 1 is 1.29 bits per heavy atom. The van der Waals surface area contributed by atoms with Gasteiger partial charge in [-0.3, -0.25) is 4.21 Å². The Morgan fingerprint density at radius 2 is 1.93 bits per heavy atom. The molecule has 2 unspecified atom stereocenters. The van der Waals surface area contributed by atoms with E-state index in [4.69, 9.17) is 0 Å². The van der Waals surface area contributed by atoms with Crippen LogP contribution < -0.4 is 5.32 Å². The number of hydrogen-bond acceptors (Lipinski definition) is 3. The SMILES string of the molecule is CC(C)CSCC(C)NCCS(C)=O. The van der Waals surface area contributed by atoms with E-state index in [1.807, 2.05) is 11.8 Å². The molecule has 0 rings (SSSR count). The molecule has 0 aromatic rings. The molecular formula is C10H23NOS2. The van der Waals surface area contributed by atoms with Crippen molar-refractivity contribution in [2.75, 3.05) is 30.1 Å². The summed E-state index contributed by atoms with van der Waals surface area (Å²) in [5.74, 6) is 3.91. The average molecular weight is 237 g/mol. The van der Waals surface area contributed by atoms with E-state index >= 15 is 0 Å². The minimum absolute atomic E-state index is 0.530. The molecule has 86 valence electrons. The maximum atomic E-state index is 10.8. The molecule has 0 aromatic heterocycles. The van der Waals surface area contributed by atoms with Gasteiger partial charge in [0.15, 0.2) is 0 Å². The van der Waals surface area contributed by atoms with Crippen molar-refractivity contribution in [1.29, 1.82) is 0 Å². The van der Waals surface area contributed by atoms with Crippen molar-refractivity contribution in [3.8, 4) is 0 Å². The molecule has 0 aliphatic carbocycles. The van der Waals surface area contributed by atoms with Gasteiger partial charge in [0.05, 0.1) is 0 Å². The molecule has 4 heteroatoms. The van der Waals surface area contributed by atoms with Crippen molar-refractivity contribution >= 4 is 22.6 Å². The Hall–Kier alpha value is 0.460. The highest BCUT2D eigenvalue weighted by Gasteiger charge is 2.02. The fourth-order valence-electron chi connectivity index (χ4n) is 0.988. The minimum atomic E-state index is -0.664. The first-order valence-corrected chi connectivity index (χ1v) is 8.01. The van der Waals surface area contributed by atoms with E-state index in [1.54, 1.807) is 6.26 Å². The van der Waals surface area contributed by atoms with Gasteiger partial charge in [-0.05, 0) is 18.6 Å². The second-order valence-corrected chi connectivity index (χ2v) is 6.69. The van der Waals surface area contributed by atoms with Crippen LogP contribution in [0.4, 0.5) is 0 Å². The zero-order valence-electron chi connectivity index (χ0n) is 9.71. The highest BCUT2D eigenvalue weighted by Crippen LogP contribution is 2.08. The lowest BCUT2D eigenvalue weighted by atomic mass is 10.3. The summed E-state index contributed by atoms with van der Waals surface area (Å²) in [5.41, 5.74) is 0. The van der Waals surface area contributed by atoms with Gasteiger partial charge in [-0.15, -0.1) is 0 Å². The van der Waals surface area contributed by atoms with Crippen molar-refractivity contribution in [1.82, 2.24) is 5.32 Å². The second-order valence-electron chi connectivity index (χ2n) is 4.06. The van der Waals surface area contributed by atoms with Crippen molar-refractivity contribution < 1.29 is 4.21 Å². The van der Waals surface area contributed by atoms with Gasteiger partial charge in [0.1, 0.15) is 0 Å². The topological polar surface area (TPSA) is 29.1 Å². The van der Waals surface area contributed by atoms with E-state index in [2.05, 4.69) is 26.1 Å². The summed E-state index contributed by atoms with van der Waals surface area (Å²) in [6.07, 6.45) is 1.75. The molecule has 2 nitrogen and oxygen atoms in total. The Bertz CT molecular complexity index is 162. The second kappa shape index (κ2) is 8.74. The van der Waals surface area contributed by atoms with Crippen LogP contribution in [0.3, 0.4) is 0 Å². The van der Waals surface area contributed by atoms with Gasteiger partial charge in [0, 0.05) is 41.1 Å². The predicted octanol–water partition coefficient (Wildman–Crippen LogP) is 1.73. The highest BCUT2D eigenvalue weighted by molar-refractivity contribution is 7.99. The maximum absolute atomic E-state index is 10.8. The van der Waals surface area contributed by atoms with Crippen molar-refractivity contribution in [2.45, 2.75) is 26.8 Å². The van der Waals surface area contributed by atoms with Crippen molar-refractivity contribution in [2.24, 2.45) is 5.92 Å². The zero-order chi connectivity index (χ0) is 11.0. The molecular weight excluding hydrogens is 214 g/mol. The van der Waals surface area contributed by atoms with Crippen molar-refractivity contribution in [3.05, 3.63) is 0 Å². The van der Waals surface area contributed by atoms with Crippen LogP contribution in [-0.2, 0) is 10.8 Å². The molecule has 0 saturated heterocycles. The van der Waals surface area contributed by atoms with Crippen LogP contribution in [0.25, 0.3) is 0 Å². The third-order valence-corrected chi connectivity index (χ3v) is 4.12. The quantitative estimate of drug-likeness (QED) is 0.697. The summed E-state index contributed by atoms with van der Waals surface area (Å²) < 4.78 is 10.8. The molecule has 0 radical (unpaired) electrons. The molecule has 2 atom stereocenters. The Labute approximate surface area is 95.1 Å². The zero-order valence-corrected chi connectivity index (χ0v) is 11.3. The van der Waals surface area contributed by atoms with Gasteiger partial charge in [0.25, 0.3) is 0 Å². The fraction of sp³-hybridized carbons (Fsp3) is 1.00. The smallest absolute Gasteiger partial charge is 0.0357 e. The van der Waals surface area contributed by atoms with E-state index < -0.39 is 10.8 Å². The maximum Gasteiger partial charge on any atom is 0.0357 e. The van der Waals surface area contributed by atoms with E-state index in [9.17, 15) is 4.21 Å². The van der Waals surface area contributed by atoms with Crippen LogP contribution in [0.5, 0.6) is 0 Å². The third-order valence-electron chi connectivity index (χ3n) is 1.70. The minimum Gasteiger partial charge on any atom is -0.313 e. The van der Waals surface area contributed by atoms with Gasteiger partial charge in [-0.2, -0.15) is 11.8 Å². The lowest BCUT2D eigenvalue weighted by molar-refractivity contribution is 0.617. The number of hydrogen-bond donors (Lipinski definition) is 1. The molecule has 0 amide bonds. The Balaban J connectivity index is 3.27. The monoisotopic (exact) mass is 237 g/mol. The summed E-state index contributed by atoms with van der Waals surface area (Å²) in [7, 11) is -0.664. The van der Waals surface area contributed by atoms with E-state index in [0.717, 1.165) is 24.0 Å². The molecule has 1 N–H and O–H groups in total. The molecule has 0 spiro atoms. The molecule has 0 saturated carbocycles. The van der Waals surface area contributed by atoms with E-state index in [-0.39, 0.29) is 0 Å². The number of thioether (sulfide) groups is 1. The first-order valence-electron chi connectivity index (χ1n) is 5.13. The van der Waals surface area contributed by atoms with Crippen LogP contribution >= 0.6 is 11.8 Å². The van der Waals surface area contributed by atoms with Crippen LogP contribution in [0.2, 0.25) is 0 Å². The largest absolute Gasteiger partial charge is 0.313 e. The average Bonchev–Trinajstić information content (AvgIpc) is 2.02. The standard InChI is InChI=1S/C10H23NOS2/c1-9(2)7-13-8-10(3)11-5-6-14(4)12/h9-11H,5-8H2,1-4H3. The molecule has 0 fully saturated rings. The third kappa shape index (κ3) is 10.5. The lowest BCUT2D eigenvalue weighted by Crippen LogP contribution is -2.31. The first kappa shape index (κ1) is 14.5. The van der Waals surface area contributed by atoms with Crippen molar-refractivity contribution in [3.63, 3.8) is 0 Å². The number of rotatable bonds is 8. The Morgan fingerprint density at radius 3 is 2.43 bits per heavy atom. The van der Waals surface area contributed by atoms with Gasteiger partial charge < -0.3 is 5.32 Å². The molecule has 0 aliphatic rings. The summed E-state index contributed by atoms with van der Waals surface area (Å²) in [5, 5.41) is 3.37. The van der Waals surface area contributed by atoms with Gasteiger partial charge in [0.2, 0.25) is 0 Å². The fourth-order valence-corrected chi connectivity index (χ4v) is 2.47. The van der Waals surface area contributed by atoms with E-state index in [0.29, 0.717) is 6.04 Å². The molecule has 0 aromatic carbocycles. The van der Waals surface area contributed by atoms with Crippen LogP contribution in [0.15, 0.2) is 0 Å². The van der Waals surface area contributed by atoms with Gasteiger partial charge in [-0.25, -0.2) is 0 Å². The predicted molar refractivity (Wildman–Crippen MR) is 68.6 cm³/mol. The van der Waals surface area contributed by atoms with Crippen LogP contribution in [0.1, 0.15) is 20.8 Å². The summed E-state index contributed by atoms with van der Waals surface area (Å²) in [6.45, 7) is 7.54. The lowest BCUT2D eigenvalue weighted by Gasteiger charge is -2.13. The Kier molecular flexibility index (Phi) is 9.03. The van der Waals surface area contributed by atoms with Crippen LogP contribution in [-0.4, -0.2) is 40.3 Å². The van der Waals surface area contributed by atoms with Gasteiger partial charge >= 0.3 is 0 Å². The normalized spacial score (nSPS) is 15.8. The van der Waals surface area contributed by atoms with Gasteiger partial charge in [-0.1, -0.05) is 13.8 Å². The summed E-state index contributed by atoms with van der Waals surface area (Å²) in [6, 6.07) is 0.530.